The summed E-state index contributed by atoms with van der Waals surface area (Å²) in [6.45, 7) is 4.17. The molecule has 1 N–H and O–H groups in total. The summed E-state index contributed by atoms with van der Waals surface area (Å²) < 4.78 is 0. The van der Waals surface area contributed by atoms with Crippen LogP contribution in [0.2, 0.25) is 0 Å². The number of aromatic hydroxyl groups is 1. The van der Waals surface area contributed by atoms with Crippen LogP contribution in [0.4, 0.5) is 5.69 Å². The highest BCUT2D eigenvalue weighted by Crippen LogP contribution is 2.37. The van der Waals surface area contributed by atoms with Gasteiger partial charge in [0.05, 0.1) is 5.69 Å². The smallest absolute Gasteiger partial charge is 0.116 e. The van der Waals surface area contributed by atoms with Gasteiger partial charge in [-0.3, -0.25) is 4.99 Å². The molecule has 0 aliphatic carbocycles. The molecular weight excluding hydrogens is 150 g/mol. The van der Waals surface area contributed by atoms with Crippen LogP contribution in [0.15, 0.2) is 23.2 Å². The van der Waals surface area contributed by atoms with Crippen molar-refractivity contribution in [2.75, 3.05) is 0 Å². The van der Waals surface area contributed by atoms with Gasteiger partial charge in [-0.15, -0.1) is 0 Å². The zero-order chi connectivity index (χ0) is 8.77. The molecule has 0 bridgehead atoms. The Labute approximate surface area is 71.6 Å². The van der Waals surface area contributed by atoms with Crippen LogP contribution in [0.3, 0.4) is 0 Å². The molecule has 2 nitrogen and oxygen atoms in total. The van der Waals surface area contributed by atoms with E-state index < -0.39 is 0 Å². The number of benzene rings is 1. The average molecular weight is 161 g/mol. The zero-order valence-electron chi connectivity index (χ0n) is 7.20. The molecule has 12 heavy (non-hydrogen) atoms. The fourth-order valence-electron chi connectivity index (χ4n) is 1.45. The second-order valence-corrected chi connectivity index (χ2v) is 3.68. The molecule has 0 unspecified atom stereocenters. The Morgan fingerprint density at radius 2 is 2.08 bits per heavy atom. The van der Waals surface area contributed by atoms with Crippen LogP contribution in [-0.4, -0.2) is 11.3 Å². The molecule has 0 fully saturated rings. The number of hydrogen-bond acceptors (Lipinski definition) is 2. The van der Waals surface area contributed by atoms with Gasteiger partial charge < -0.3 is 5.11 Å². The molecule has 2 rings (SSSR count). The van der Waals surface area contributed by atoms with Crippen molar-refractivity contribution < 1.29 is 5.11 Å². The van der Waals surface area contributed by atoms with Gasteiger partial charge in [0, 0.05) is 11.6 Å². The molecule has 1 aliphatic rings. The van der Waals surface area contributed by atoms with Gasteiger partial charge in [-0.2, -0.15) is 0 Å². The van der Waals surface area contributed by atoms with Crippen LogP contribution in [0.5, 0.6) is 5.75 Å². The Bertz CT molecular complexity index is 353. The van der Waals surface area contributed by atoms with E-state index in [0.717, 1.165) is 11.3 Å². The van der Waals surface area contributed by atoms with Crippen LogP contribution in [0, 0.1) is 0 Å². The molecule has 1 aromatic carbocycles. The minimum absolute atomic E-state index is 0.0337. The lowest BCUT2D eigenvalue weighted by Gasteiger charge is -2.15. The maximum absolute atomic E-state index is 9.27. The normalized spacial score (nSPS) is 17.8. The second kappa shape index (κ2) is 2.09. The van der Waals surface area contributed by atoms with E-state index in [1.165, 1.54) is 0 Å². The van der Waals surface area contributed by atoms with Crippen molar-refractivity contribution >= 4 is 11.9 Å². The SMILES string of the molecule is CC1(C)C=Nc2ccc(O)cc21. The minimum atomic E-state index is -0.0337. The third-order valence-electron chi connectivity index (χ3n) is 2.20. The first-order valence-electron chi connectivity index (χ1n) is 3.98. The predicted octanol–water partition coefficient (Wildman–Crippen LogP) is 2.39. The number of phenols is 1. The number of phenolic OH excluding ortho intramolecular Hbond substituents is 1. The lowest BCUT2D eigenvalue weighted by molar-refractivity contribution is 0.473. The molecule has 0 spiro atoms. The molecular formula is C10H11NO. The first kappa shape index (κ1) is 7.35. The molecule has 0 amide bonds. The number of aliphatic imine (C=N–C) groups is 1. The van der Waals surface area contributed by atoms with Crippen molar-refractivity contribution in [1.82, 2.24) is 0 Å². The summed E-state index contributed by atoms with van der Waals surface area (Å²) in [5.41, 5.74) is 2.04. The van der Waals surface area contributed by atoms with E-state index in [1.54, 1.807) is 12.1 Å². The average Bonchev–Trinajstić information content (AvgIpc) is 2.28. The minimum Gasteiger partial charge on any atom is -0.508 e. The molecule has 0 aromatic heterocycles. The fraction of sp³-hybridized carbons (Fsp3) is 0.300. The Hall–Kier alpha value is -1.31. The third kappa shape index (κ3) is 0.916. The van der Waals surface area contributed by atoms with Gasteiger partial charge in [0.1, 0.15) is 5.75 Å². The van der Waals surface area contributed by atoms with Crippen LogP contribution >= 0.6 is 0 Å². The molecule has 1 heterocycles. The Balaban J connectivity index is 2.63. The van der Waals surface area contributed by atoms with Gasteiger partial charge in [-0.1, -0.05) is 13.8 Å². The Morgan fingerprint density at radius 1 is 1.33 bits per heavy atom. The molecule has 0 saturated heterocycles. The predicted molar refractivity (Wildman–Crippen MR) is 49.3 cm³/mol. The van der Waals surface area contributed by atoms with Gasteiger partial charge in [-0.25, -0.2) is 0 Å². The highest BCUT2D eigenvalue weighted by Gasteiger charge is 2.26. The topological polar surface area (TPSA) is 32.6 Å². The maximum atomic E-state index is 9.27. The van der Waals surface area contributed by atoms with Gasteiger partial charge in [0.2, 0.25) is 0 Å². The summed E-state index contributed by atoms with van der Waals surface area (Å²) in [6, 6.07) is 5.29. The van der Waals surface area contributed by atoms with Crippen molar-refractivity contribution in [2.24, 2.45) is 4.99 Å². The summed E-state index contributed by atoms with van der Waals surface area (Å²) >= 11 is 0. The third-order valence-corrected chi connectivity index (χ3v) is 2.20. The van der Waals surface area contributed by atoms with Gasteiger partial charge in [0.15, 0.2) is 0 Å². The van der Waals surface area contributed by atoms with E-state index in [-0.39, 0.29) is 5.41 Å². The summed E-state index contributed by atoms with van der Waals surface area (Å²) in [6.07, 6.45) is 1.91. The number of hydrogen-bond donors (Lipinski definition) is 1. The highest BCUT2D eigenvalue weighted by atomic mass is 16.3. The van der Waals surface area contributed by atoms with E-state index in [9.17, 15) is 5.11 Å². The Morgan fingerprint density at radius 3 is 2.83 bits per heavy atom. The molecule has 0 atom stereocenters. The van der Waals surface area contributed by atoms with Gasteiger partial charge in [-0.05, 0) is 23.8 Å². The van der Waals surface area contributed by atoms with Crippen molar-refractivity contribution in [2.45, 2.75) is 19.3 Å². The molecule has 0 saturated carbocycles. The summed E-state index contributed by atoms with van der Waals surface area (Å²) in [5.74, 6) is 0.312. The van der Waals surface area contributed by atoms with Crippen molar-refractivity contribution in [3.8, 4) is 5.75 Å². The van der Waals surface area contributed by atoms with Gasteiger partial charge >= 0.3 is 0 Å². The van der Waals surface area contributed by atoms with E-state index in [0.29, 0.717) is 5.75 Å². The fourth-order valence-corrected chi connectivity index (χ4v) is 1.45. The largest absolute Gasteiger partial charge is 0.508 e. The standard InChI is InChI=1S/C10H11NO/c1-10(2)6-11-9-4-3-7(12)5-8(9)10/h3-6,12H,1-2H3. The second-order valence-electron chi connectivity index (χ2n) is 3.68. The van der Waals surface area contributed by atoms with Crippen molar-refractivity contribution in [1.29, 1.82) is 0 Å². The van der Waals surface area contributed by atoms with Crippen LogP contribution in [0.1, 0.15) is 19.4 Å². The van der Waals surface area contributed by atoms with Crippen LogP contribution in [-0.2, 0) is 5.41 Å². The molecule has 1 aromatic rings. The van der Waals surface area contributed by atoms with E-state index in [4.69, 9.17) is 0 Å². The summed E-state index contributed by atoms with van der Waals surface area (Å²) in [4.78, 5) is 4.26. The van der Waals surface area contributed by atoms with Crippen molar-refractivity contribution in [3.05, 3.63) is 23.8 Å². The lowest BCUT2D eigenvalue weighted by Crippen LogP contribution is -2.14. The molecule has 1 aliphatic heterocycles. The quantitative estimate of drug-likeness (QED) is 0.622. The zero-order valence-corrected chi connectivity index (χ0v) is 7.20. The monoisotopic (exact) mass is 161 g/mol. The molecule has 62 valence electrons. The summed E-state index contributed by atoms with van der Waals surface area (Å²) in [7, 11) is 0. The van der Waals surface area contributed by atoms with E-state index in [1.807, 2.05) is 12.3 Å². The van der Waals surface area contributed by atoms with Crippen molar-refractivity contribution in [3.63, 3.8) is 0 Å². The van der Waals surface area contributed by atoms with Crippen LogP contribution < -0.4 is 0 Å². The number of nitrogens with zero attached hydrogens (tertiary/aromatic N) is 1. The van der Waals surface area contributed by atoms with E-state index >= 15 is 0 Å². The molecule has 2 heteroatoms. The number of rotatable bonds is 0. The molecule has 0 radical (unpaired) electrons. The first-order valence-corrected chi connectivity index (χ1v) is 3.98. The highest BCUT2D eigenvalue weighted by molar-refractivity contribution is 5.84. The van der Waals surface area contributed by atoms with Crippen LogP contribution in [0.25, 0.3) is 0 Å². The Kier molecular flexibility index (Phi) is 1.28. The van der Waals surface area contributed by atoms with Gasteiger partial charge in [0.25, 0.3) is 0 Å². The maximum Gasteiger partial charge on any atom is 0.116 e. The summed E-state index contributed by atoms with van der Waals surface area (Å²) in [5, 5.41) is 9.27. The lowest BCUT2D eigenvalue weighted by atomic mass is 9.87. The number of fused-ring (bicyclic) bond motifs is 1. The first-order chi connectivity index (χ1) is 5.59. The van der Waals surface area contributed by atoms with E-state index in [2.05, 4.69) is 18.8 Å².